The molecule has 0 saturated heterocycles. The van der Waals surface area contributed by atoms with Gasteiger partial charge in [-0.3, -0.25) is 9.78 Å². The van der Waals surface area contributed by atoms with Gasteiger partial charge >= 0.3 is 6.16 Å². The number of nitrogens with zero attached hydrogens (tertiary/aromatic N) is 5. The molecule has 13 heteroatoms. The molecule has 1 fully saturated rings. The third-order valence-corrected chi connectivity index (χ3v) is 7.12. The van der Waals surface area contributed by atoms with Crippen molar-refractivity contribution in [1.29, 1.82) is 0 Å². The summed E-state index contributed by atoms with van der Waals surface area (Å²) in [5.74, 6) is 0.363. The van der Waals surface area contributed by atoms with Crippen molar-refractivity contribution in [2.75, 3.05) is 26.1 Å². The Kier molecular flexibility index (Phi) is 9.17. The van der Waals surface area contributed by atoms with Crippen LogP contribution in [0.2, 0.25) is 0 Å². The zero-order valence-electron chi connectivity index (χ0n) is 21.6. The second-order valence-corrected chi connectivity index (χ2v) is 9.75. The van der Waals surface area contributed by atoms with E-state index in [2.05, 4.69) is 15.1 Å². The van der Waals surface area contributed by atoms with Gasteiger partial charge in [-0.15, -0.1) is 11.3 Å². The number of nitrogen functional groups attached to an aromatic ring is 1. The first-order chi connectivity index (χ1) is 18.8. The molecule has 4 aromatic heterocycles. The van der Waals surface area contributed by atoms with Crippen LogP contribution >= 0.6 is 11.3 Å². The second-order valence-electron chi connectivity index (χ2n) is 9.03. The van der Waals surface area contributed by atoms with Crippen LogP contribution in [0.5, 0.6) is 0 Å². The fourth-order valence-electron chi connectivity index (χ4n) is 4.74. The molecule has 39 heavy (non-hydrogen) atoms. The Morgan fingerprint density at radius 3 is 2.44 bits per heavy atom. The van der Waals surface area contributed by atoms with Crippen LogP contribution in [0.25, 0.3) is 28.2 Å². The number of nitrogens with two attached hydrogens (primary N) is 1. The van der Waals surface area contributed by atoms with E-state index in [1.165, 1.54) is 18.3 Å². The van der Waals surface area contributed by atoms with Crippen molar-refractivity contribution in [2.24, 2.45) is 0 Å². The lowest BCUT2D eigenvalue weighted by molar-refractivity contribution is -0.00298. The molecule has 0 aliphatic heterocycles. The number of hydrogen-bond acceptors (Lipinski definition) is 10. The fourth-order valence-corrected chi connectivity index (χ4v) is 5.28. The predicted octanol–water partition coefficient (Wildman–Crippen LogP) is 4.61. The molecule has 0 aromatic carbocycles. The van der Waals surface area contributed by atoms with Gasteiger partial charge in [-0.1, -0.05) is 6.07 Å². The molecule has 12 nitrogen and oxygen atoms in total. The van der Waals surface area contributed by atoms with Crippen molar-refractivity contribution in [3.63, 3.8) is 0 Å². The summed E-state index contributed by atoms with van der Waals surface area (Å²) in [5.41, 5.74) is 13.5. The maximum Gasteiger partial charge on any atom is 0.503 e. The fraction of sp³-hybridized carbons (Fsp3) is 0.385. The Labute approximate surface area is 228 Å². The third kappa shape index (κ3) is 6.56. The minimum Gasteiger partial charge on any atom is -0.450 e. The van der Waals surface area contributed by atoms with Gasteiger partial charge < -0.3 is 25.4 Å². The summed E-state index contributed by atoms with van der Waals surface area (Å²) in [6.07, 6.45) is 5.48. The van der Waals surface area contributed by atoms with E-state index in [-0.39, 0.29) is 17.8 Å². The minimum atomic E-state index is -1.83. The number of hydrogen-bond donors (Lipinski definition) is 3. The van der Waals surface area contributed by atoms with Crippen LogP contribution in [-0.4, -0.2) is 73.1 Å². The summed E-state index contributed by atoms with van der Waals surface area (Å²) in [6, 6.07) is 3.92. The van der Waals surface area contributed by atoms with Gasteiger partial charge in [0.1, 0.15) is 5.82 Å². The Morgan fingerprint density at radius 1 is 1.10 bits per heavy atom. The topological polar surface area (TPSA) is 175 Å². The Bertz CT molecular complexity index is 1410. The first-order valence-corrected chi connectivity index (χ1v) is 13.3. The number of fused-ring (bicyclic) bond motifs is 1. The van der Waals surface area contributed by atoms with Gasteiger partial charge in [0.15, 0.2) is 11.4 Å². The van der Waals surface area contributed by atoms with Crippen LogP contribution < -0.4 is 5.73 Å². The van der Waals surface area contributed by atoms with E-state index in [1.54, 1.807) is 29.5 Å². The highest BCUT2D eigenvalue weighted by Gasteiger charge is 2.29. The Morgan fingerprint density at radius 2 is 1.85 bits per heavy atom. The Hall–Kier alpha value is -3.94. The molecular weight excluding hydrogens is 524 g/mol. The molecule has 0 spiro atoms. The number of ketones is 1. The van der Waals surface area contributed by atoms with Gasteiger partial charge in [-0.2, -0.15) is 9.61 Å². The summed E-state index contributed by atoms with van der Waals surface area (Å²) < 4.78 is 12.6. The average Bonchev–Trinajstić information content (AvgIpc) is 3.60. The van der Waals surface area contributed by atoms with Crippen molar-refractivity contribution in [1.82, 2.24) is 24.6 Å². The molecule has 4 aromatic rings. The van der Waals surface area contributed by atoms with Crippen LogP contribution in [0.4, 0.5) is 10.6 Å². The molecular formula is C26H30N6O6S. The zero-order chi connectivity index (χ0) is 27.9. The first-order valence-electron chi connectivity index (χ1n) is 12.4. The highest BCUT2D eigenvalue weighted by atomic mass is 32.1. The van der Waals surface area contributed by atoms with Crippen LogP contribution in [0.3, 0.4) is 0 Å². The van der Waals surface area contributed by atoms with E-state index >= 15 is 0 Å². The Balaban J connectivity index is 0.000000826. The van der Waals surface area contributed by atoms with Crippen molar-refractivity contribution in [3.05, 3.63) is 46.7 Å². The van der Waals surface area contributed by atoms with E-state index in [4.69, 9.17) is 35.2 Å². The van der Waals surface area contributed by atoms with Crippen molar-refractivity contribution >= 4 is 34.7 Å². The highest BCUT2D eigenvalue weighted by Crippen LogP contribution is 2.38. The molecule has 1 aliphatic rings. The van der Waals surface area contributed by atoms with E-state index in [0.717, 1.165) is 53.9 Å². The molecule has 5 rings (SSSR count). The quantitative estimate of drug-likeness (QED) is 0.205. The number of thiazole rings is 1. The highest BCUT2D eigenvalue weighted by molar-refractivity contribution is 7.07. The van der Waals surface area contributed by atoms with Crippen LogP contribution in [0.15, 0.2) is 35.4 Å². The molecule has 4 heterocycles. The molecule has 4 N–H and O–H groups in total. The lowest BCUT2D eigenvalue weighted by Crippen LogP contribution is -2.24. The minimum absolute atomic E-state index is 0.100. The third-order valence-electron chi connectivity index (χ3n) is 6.53. The summed E-state index contributed by atoms with van der Waals surface area (Å²) >= 11 is 1.53. The normalized spacial score (nSPS) is 17.0. The number of carbonyl (C=O) groups is 2. The summed E-state index contributed by atoms with van der Waals surface area (Å²) in [7, 11) is 1.67. The van der Waals surface area contributed by atoms with Crippen LogP contribution in [0.1, 0.15) is 54.6 Å². The summed E-state index contributed by atoms with van der Waals surface area (Å²) in [5, 5.41) is 20.4. The van der Waals surface area contributed by atoms with Gasteiger partial charge in [-0.05, 0) is 38.7 Å². The maximum absolute atomic E-state index is 12.6. The zero-order valence-corrected chi connectivity index (χ0v) is 22.4. The lowest BCUT2D eigenvalue weighted by atomic mass is 9.83. The number of carboxylic acid groups (broad SMARTS) is 2. The van der Waals surface area contributed by atoms with Gasteiger partial charge in [0.2, 0.25) is 0 Å². The number of carbonyl (C=O) groups excluding carboxylic acids is 1. The number of methoxy groups -OCH3 is 1. The van der Waals surface area contributed by atoms with Crippen LogP contribution in [0, 0.1) is 0 Å². The van der Waals surface area contributed by atoms with E-state index in [9.17, 15) is 4.79 Å². The maximum atomic E-state index is 12.6. The predicted molar refractivity (Wildman–Crippen MR) is 145 cm³/mol. The van der Waals surface area contributed by atoms with E-state index < -0.39 is 6.16 Å². The number of ether oxygens (including phenoxy) is 2. The van der Waals surface area contributed by atoms with Crippen molar-refractivity contribution in [3.8, 4) is 22.5 Å². The van der Waals surface area contributed by atoms with E-state index in [0.29, 0.717) is 30.2 Å². The number of Topliss-reactive ketones (excluding diaryl/α,β-unsaturated/α-hetero) is 1. The van der Waals surface area contributed by atoms with Crippen LogP contribution in [-0.2, 0) is 9.47 Å². The molecule has 0 amide bonds. The van der Waals surface area contributed by atoms with Gasteiger partial charge in [0.25, 0.3) is 0 Å². The number of aromatic nitrogens is 5. The lowest BCUT2D eigenvalue weighted by Gasteiger charge is -2.29. The molecule has 0 unspecified atom stereocenters. The van der Waals surface area contributed by atoms with Crippen molar-refractivity contribution < 1.29 is 29.3 Å². The molecule has 1 aliphatic carbocycles. The molecule has 206 valence electrons. The molecule has 0 radical (unpaired) electrons. The second kappa shape index (κ2) is 12.7. The molecule has 0 atom stereocenters. The monoisotopic (exact) mass is 554 g/mol. The van der Waals surface area contributed by atoms with Gasteiger partial charge in [0.05, 0.1) is 53.7 Å². The summed E-state index contributed by atoms with van der Waals surface area (Å²) in [6.45, 7) is 2.72. The number of rotatable bonds is 8. The number of anilines is 1. The molecule has 0 bridgehead atoms. The standard InChI is InChI=1S/C25H28N6O3S.CH2O3/c1-15(32)22-23(16-3-6-18(7-4-16)34-10-9-33-2)30-25-19(12-29-31(25)24(22)26)17-5-8-20(27-11-17)21-13-35-14-28-21;2-1(3)4/h5,8,11-14,16,18H,3-4,6-7,9-10,26H2,1-2H3;(H2,2,3,4). The average molecular weight is 555 g/mol. The van der Waals surface area contributed by atoms with E-state index in [1.807, 2.05) is 17.5 Å². The number of pyridine rings is 1. The van der Waals surface area contributed by atoms with Crippen molar-refractivity contribution in [2.45, 2.75) is 44.6 Å². The largest absolute Gasteiger partial charge is 0.503 e. The molecule has 1 saturated carbocycles. The summed E-state index contributed by atoms with van der Waals surface area (Å²) in [4.78, 5) is 35.1. The van der Waals surface area contributed by atoms with Gasteiger partial charge in [-0.25, -0.2) is 14.8 Å². The smallest absolute Gasteiger partial charge is 0.450 e. The SMILES string of the molecule is COCCOC1CCC(c2nc3c(-c4ccc(-c5cscn5)nc4)cnn3c(N)c2C(C)=O)CC1.O=C(O)O. The van der Waals surface area contributed by atoms with Gasteiger partial charge in [0, 0.05) is 35.7 Å². The first kappa shape index (κ1) is 28.1.